The molecule has 34 heavy (non-hydrogen) atoms. The highest BCUT2D eigenvalue weighted by atomic mass is 35.5. The largest absolute Gasteiger partial charge is 0.497 e. The fraction of sp³-hybridized carbons (Fsp3) is 0.120. The van der Waals surface area contributed by atoms with E-state index in [1.165, 1.54) is 11.3 Å². The minimum Gasteiger partial charge on any atom is -0.497 e. The van der Waals surface area contributed by atoms with Crippen molar-refractivity contribution in [1.82, 2.24) is 15.5 Å². The summed E-state index contributed by atoms with van der Waals surface area (Å²) in [6, 6.07) is 22.7. The molecule has 0 saturated carbocycles. The van der Waals surface area contributed by atoms with Gasteiger partial charge in [0.2, 0.25) is 11.0 Å². The van der Waals surface area contributed by atoms with Gasteiger partial charge in [-0.05, 0) is 29.8 Å². The third kappa shape index (κ3) is 5.78. The van der Waals surface area contributed by atoms with Crippen molar-refractivity contribution in [2.75, 3.05) is 12.4 Å². The number of halogens is 1. The molecule has 2 N–H and O–H groups in total. The van der Waals surface area contributed by atoms with Crippen molar-refractivity contribution in [2.45, 2.75) is 12.5 Å². The first-order valence-corrected chi connectivity index (χ1v) is 11.6. The van der Waals surface area contributed by atoms with Crippen molar-refractivity contribution >= 4 is 39.9 Å². The van der Waals surface area contributed by atoms with Crippen molar-refractivity contribution in [2.24, 2.45) is 0 Å². The summed E-state index contributed by atoms with van der Waals surface area (Å²) in [5.74, 6) is -0.142. The molecule has 0 aliphatic heterocycles. The zero-order valence-corrected chi connectivity index (χ0v) is 19.8. The molecule has 0 aliphatic rings. The third-order valence-corrected chi connectivity index (χ3v) is 6.21. The van der Waals surface area contributed by atoms with E-state index in [0.29, 0.717) is 32.9 Å². The Labute approximate surface area is 205 Å². The van der Waals surface area contributed by atoms with Crippen LogP contribution in [0.5, 0.6) is 5.75 Å². The maximum absolute atomic E-state index is 13.2. The zero-order chi connectivity index (χ0) is 23.9. The quantitative estimate of drug-likeness (QED) is 0.367. The van der Waals surface area contributed by atoms with Crippen molar-refractivity contribution in [1.29, 1.82) is 0 Å². The summed E-state index contributed by atoms with van der Waals surface area (Å²) in [5.41, 5.74) is 2.02. The molecule has 4 rings (SSSR count). The second-order valence-corrected chi connectivity index (χ2v) is 8.71. The number of nitrogens with one attached hydrogen (secondary N) is 2. The second kappa shape index (κ2) is 10.9. The molecule has 7 nitrogen and oxygen atoms in total. The topological polar surface area (TPSA) is 93.2 Å². The van der Waals surface area contributed by atoms with Gasteiger partial charge in [0.15, 0.2) is 0 Å². The van der Waals surface area contributed by atoms with E-state index in [4.69, 9.17) is 16.3 Å². The molecule has 1 atom stereocenters. The smallest absolute Gasteiger partial charge is 0.253 e. The van der Waals surface area contributed by atoms with Crippen LogP contribution < -0.4 is 15.4 Å². The highest BCUT2D eigenvalue weighted by Gasteiger charge is 2.24. The van der Waals surface area contributed by atoms with Crippen LogP contribution in [0.15, 0.2) is 78.9 Å². The minimum atomic E-state index is -0.852. The zero-order valence-electron chi connectivity index (χ0n) is 18.2. The number of aromatic nitrogens is 2. The molecule has 3 aromatic carbocycles. The number of anilines is 1. The molecule has 0 fully saturated rings. The summed E-state index contributed by atoms with van der Waals surface area (Å²) in [6.07, 6.45) is 0.296. The van der Waals surface area contributed by atoms with E-state index in [9.17, 15) is 9.59 Å². The van der Waals surface area contributed by atoms with Gasteiger partial charge in [-0.3, -0.25) is 14.9 Å². The standard InChI is InChI=1S/C25H21ClN4O3S/c1-33-18-11-7-10-17(15-18)24-29-30-25(34-24)28-23(32)21(14-16-8-3-2-4-9-16)27-22(31)19-12-5-6-13-20(19)26/h2-13,15,21H,14H2,1H3,(H,27,31)(H,28,30,32)/t21-/m0/s1. The number of rotatable bonds is 8. The van der Waals surface area contributed by atoms with E-state index in [2.05, 4.69) is 20.8 Å². The molecular formula is C25H21ClN4O3S. The fourth-order valence-electron chi connectivity index (χ4n) is 3.28. The maximum Gasteiger partial charge on any atom is 0.253 e. The van der Waals surface area contributed by atoms with E-state index in [1.54, 1.807) is 31.4 Å². The predicted molar refractivity (Wildman–Crippen MR) is 133 cm³/mol. The summed E-state index contributed by atoms with van der Waals surface area (Å²) in [5, 5.41) is 15.1. The Morgan fingerprint density at radius 3 is 2.53 bits per heavy atom. The average Bonchev–Trinajstić information content (AvgIpc) is 3.33. The van der Waals surface area contributed by atoms with Gasteiger partial charge in [-0.2, -0.15) is 0 Å². The van der Waals surface area contributed by atoms with Crippen LogP contribution >= 0.6 is 22.9 Å². The van der Waals surface area contributed by atoms with Gasteiger partial charge in [0.25, 0.3) is 5.91 Å². The van der Waals surface area contributed by atoms with Crippen LogP contribution in [0.25, 0.3) is 10.6 Å². The van der Waals surface area contributed by atoms with Crippen LogP contribution in [-0.2, 0) is 11.2 Å². The van der Waals surface area contributed by atoms with Crippen molar-refractivity contribution in [3.8, 4) is 16.3 Å². The number of hydrogen-bond donors (Lipinski definition) is 2. The number of amides is 2. The van der Waals surface area contributed by atoms with Crippen LogP contribution in [0, 0.1) is 0 Å². The Kier molecular flexibility index (Phi) is 7.51. The van der Waals surface area contributed by atoms with Crippen LogP contribution in [0.3, 0.4) is 0 Å². The molecule has 9 heteroatoms. The molecule has 0 radical (unpaired) electrons. The first-order chi connectivity index (χ1) is 16.5. The Morgan fingerprint density at radius 1 is 1.00 bits per heavy atom. The summed E-state index contributed by atoms with van der Waals surface area (Å²) in [6.45, 7) is 0. The van der Waals surface area contributed by atoms with Gasteiger partial charge >= 0.3 is 0 Å². The maximum atomic E-state index is 13.2. The van der Waals surface area contributed by atoms with Crippen molar-refractivity contribution in [3.63, 3.8) is 0 Å². The lowest BCUT2D eigenvalue weighted by Gasteiger charge is -2.18. The Bertz CT molecular complexity index is 1300. The van der Waals surface area contributed by atoms with Gasteiger partial charge in [-0.1, -0.05) is 77.5 Å². The second-order valence-electron chi connectivity index (χ2n) is 7.33. The lowest BCUT2D eigenvalue weighted by molar-refractivity contribution is -0.118. The van der Waals surface area contributed by atoms with Gasteiger partial charge < -0.3 is 10.1 Å². The van der Waals surface area contributed by atoms with Gasteiger partial charge in [0.05, 0.1) is 17.7 Å². The Hall–Kier alpha value is -3.75. The first kappa shape index (κ1) is 23.4. The van der Waals surface area contributed by atoms with Gasteiger partial charge in [0, 0.05) is 12.0 Å². The summed E-state index contributed by atoms with van der Waals surface area (Å²) >= 11 is 7.40. The first-order valence-electron chi connectivity index (χ1n) is 10.4. The molecule has 1 aromatic heterocycles. The number of methoxy groups -OCH3 is 1. The average molecular weight is 493 g/mol. The number of benzene rings is 3. The fourth-order valence-corrected chi connectivity index (χ4v) is 4.24. The van der Waals surface area contributed by atoms with Gasteiger partial charge in [0.1, 0.15) is 16.8 Å². The Balaban J connectivity index is 1.52. The number of ether oxygens (including phenoxy) is 1. The lowest BCUT2D eigenvalue weighted by Crippen LogP contribution is -2.45. The van der Waals surface area contributed by atoms with Gasteiger partial charge in [-0.25, -0.2) is 0 Å². The molecule has 0 spiro atoms. The summed E-state index contributed by atoms with van der Waals surface area (Å²) < 4.78 is 5.25. The highest BCUT2D eigenvalue weighted by Crippen LogP contribution is 2.29. The molecule has 2 amide bonds. The van der Waals surface area contributed by atoms with Crippen molar-refractivity contribution < 1.29 is 14.3 Å². The summed E-state index contributed by atoms with van der Waals surface area (Å²) in [7, 11) is 1.59. The monoisotopic (exact) mass is 492 g/mol. The molecule has 0 unspecified atom stereocenters. The number of carbonyl (C=O) groups excluding carboxylic acids is 2. The van der Waals surface area contributed by atoms with Crippen molar-refractivity contribution in [3.05, 3.63) is 95.0 Å². The summed E-state index contributed by atoms with van der Waals surface area (Å²) in [4.78, 5) is 26.0. The lowest BCUT2D eigenvalue weighted by atomic mass is 10.0. The van der Waals surface area contributed by atoms with Crippen LogP contribution in [0.1, 0.15) is 15.9 Å². The van der Waals surface area contributed by atoms with E-state index in [0.717, 1.165) is 11.1 Å². The number of hydrogen-bond acceptors (Lipinski definition) is 6. The van der Waals surface area contributed by atoms with Crippen LogP contribution in [0.2, 0.25) is 5.02 Å². The van der Waals surface area contributed by atoms with E-state index in [-0.39, 0.29) is 0 Å². The predicted octanol–water partition coefficient (Wildman–Crippen LogP) is 4.85. The molecule has 172 valence electrons. The van der Waals surface area contributed by atoms with Crippen LogP contribution in [-0.4, -0.2) is 35.2 Å². The third-order valence-electron chi connectivity index (χ3n) is 4.99. The molecule has 0 bridgehead atoms. The van der Waals surface area contributed by atoms with E-state index >= 15 is 0 Å². The number of nitrogens with zero attached hydrogens (tertiary/aromatic N) is 2. The number of carbonyl (C=O) groups is 2. The Morgan fingerprint density at radius 2 is 1.76 bits per heavy atom. The SMILES string of the molecule is COc1cccc(-c2nnc(NC(=O)[C@H](Cc3ccccc3)NC(=O)c3ccccc3Cl)s2)c1. The molecular weight excluding hydrogens is 472 g/mol. The normalized spacial score (nSPS) is 11.5. The molecule has 4 aromatic rings. The van der Waals surface area contributed by atoms with Crippen LogP contribution in [0.4, 0.5) is 5.13 Å². The van der Waals surface area contributed by atoms with Gasteiger partial charge in [-0.15, -0.1) is 10.2 Å². The molecule has 0 aliphatic carbocycles. The highest BCUT2D eigenvalue weighted by molar-refractivity contribution is 7.18. The van der Waals surface area contributed by atoms with E-state index in [1.807, 2.05) is 54.6 Å². The minimum absolute atomic E-state index is 0.296. The molecule has 1 heterocycles. The molecule has 0 saturated heterocycles. The van der Waals surface area contributed by atoms with E-state index < -0.39 is 17.9 Å².